The number of carbonyl (C=O) groups is 1. The second-order valence-electron chi connectivity index (χ2n) is 5.20. The molecule has 2 unspecified atom stereocenters. The highest BCUT2D eigenvalue weighted by atomic mass is 32.1. The van der Waals surface area contributed by atoms with Gasteiger partial charge < -0.3 is 10.6 Å². The summed E-state index contributed by atoms with van der Waals surface area (Å²) < 4.78 is 1.17. The SMILES string of the molecule is CC1CC(NC(=O)c2cc3ccccc3s2)CCN1. The Kier molecular flexibility index (Phi) is 3.53. The lowest BCUT2D eigenvalue weighted by Crippen LogP contribution is -2.46. The summed E-state index contributed by atoms with van der Waals surface area (Å²) in [6, 6.07) is 10.9. The molecule has 1 aliphatic heterocycles. The van der Waals surface area contributed by atoms with Crippen molar-refractivity contribution in [1.82, 2.24) is 10.6 Å². The summed E-state index contributed by atoms with van der Waals surface area (Å²) in [5, 5.41) is 7.71. The molecule has 1 fully saturated rings. The zero-order valence-electron chi connectivity index (χ0n) is 11.0. The Morgan fingerprint density at radius 2 is 2.26 bits per heavy atom. The zero-order chi connectivity index (χ0) is 13.2. The molecule has 2 N–H and O–H groups in total. The second-order valence-corrected chi connectivity index (χ2v) is 6.28. The largest absolute Gasteiger partial charge is 0.349 e. The van der Waals surface area contributed by atoms with E-state index in [9.17, 15) is 4.79 Å². The van der Waals surface area contributed by atoms with E-state index in [1.165, 1.54) is 4.70 Å². The second kappa shape index (κ2) is 5.31. The minimum absolute atomic E-state index is 0.0697. The van der Waals surface area contributed by atoms with Gasteiger partial charge in [-0.2, -0.15) is 0 Å². The van der Waals surface area contributed by atoms with E-state index < -0.39 is 0 Å². The van der Waals surface area contributed by atoms with E-state index >= 15 is 0 Å². The van der Waals surface area contributed by atoms with E-state index in [0.29, 0.717) is 12.1 Å². The van der Waals surface area contributed by atoms with Crippen LogP contribution in [0.25, 0.3) is 10.1 Å². The van der Waals surface area contributed by atoms with Crippen molar-refractivity contribution in [2.75, 3.05) is 6.54 Å². The standard InChI is InChI=1S/C15H18N2OS/c1-10-8-12(6-7-16-10)17-15(18)14-9-11-4-2-3-5-13(11)19-14/h2-5,9-10,12,16H,6-8H2,1H3,(H,17,18). The van der Waals surface area contributed by atoms with Gasteiger partial charge in [-0.05, 0) is 43.8 Å². The first-order chi connectivity index (χ1) is 9.22. The smallest absolute Gasteiger partial charge is 0.261 e. The average molecular weight is 274 g/mol. The van der Waals surface area contributed by atoms with Gasteiger partial charge in [-0.25, -0.2) is 0 Å². The molecule has 19 heavy (non-hydrogen) atoms. The van der Waals surface area contributed by atoms with Crippen molar-refractivity contribution in [3.63, 3.8) is 0 Å². The molecule has 1 amide bonds. The summed E-state index contributed by atoms with van der Waals surface area (Å²) in [7, 11) is 0. The van der Waals surface area contributed by atoms with Crippen molar-refractivity contribution in [1.29, 1.82) is 0 Å². The Labute approximate surface area is 117 Å². The van der Waals surface area contributed by atoms with Crippen molar-refractivity contribution >= 4 is 27.3 Å². The highest BCUT2D eigenvalue weighted by Gasteiger charge is 2.21. The van der Waals surface area contributed by atoms with E-state index in [4.69, 9.17) is 0 Å². The van der Waals surface area contributed by atoms with E-state index in [1.807, 2.05) is 18.2 Å². The molecule has 2 atom stereocenters. The number of benzene rings is 1. The highest BCUT2D eigenvalue weighted by molar-refractivity contribution is 7.20. The molecule has 100 valence electrons. The predicted octanol–water partition coefficient (Wildman–Crippen LogP) is 2.77. The average Bonchev–Trinajstić information content (AvgIpc) is 2.82. The van der Waals surface area contributed by atoms with Crippen molar-refractivity contribution in [3.05, 3.63) is 35.2 Å². The van der Waals surface area contributed by atoms with Crippen molar-refractivity contribution < 1.29 is 4.79 Å². The fraction of sp³-hybridized carbons (Fsp3) is 0.400. The van der Waals surface area contributed by atoms with Gasteiger partial charge in [0.25, 0.3) is 5.91 Å². The number of nitrogens with one attached hydrogen (secondary N) is 2. The van der Waals surface area contributed by atoms with Gasteiger partial charge in [0.1, 0.15) is 0 Å². The Hall–Kier alpha value is -1.39. The molecule has 3 rings (SSSR count). The first kappa shape index (κ1) is 12.6. The molecule has 1 aliphatic rings. The number of hydrogen-bond donors (Lipinski definition) is 2. The molecular weight excluding hydrogens is 256 g/mol. The maximum Gasteiger partial charge on any atom is 0.261 e. The Morgan fingerprint density at radius 1 is 1.42 bits per heavy atom. The van der Waals surface area contributed by atoms with Gasteiger partial charge in [-0.3, -0.25) is 4.79 Å². The van der Waals surface area contributed by atoms with Gasteiger partial charge in [-0.1, -0.05) is 18.2 Å². The van der Waals surface area contributed by atoms with Crippen LogP contribution < -0.4 is 10.6 Å². The van der Waals surface area contributed by atoms with E-state index in [1.54, 1.807) is 11.3 Å². The first-order valence-corrected chi connectivity index (χ1v) is 7.57. The van der Waals surface area contributed by atoms with Crippen LogP contribution in [0.4, 0.5) is 0 Å². The highest BCUT2D eigenvalue weighted by Crippen LogP contribution is 2.25. The lowest BCUT2D eigenvalue weighted by atomic mass is 10.0. The van der Waals surface area contributed by atoms with E-state index in [0.717, 1.165) is 29.6 Å². The summed E-state index contributed by atoms with van der Waals surface area (Å²) in [6.45, 7) is 3.15. The lowest BCUT2D eigenvalue weighted by Gasteiger charge is -2.28. The van der Waals surface area contributed by atoms with Crippen LogP contribution >= 0.6 is 11.3 Å². The monoisotopic (exact) mass is 274 g/mol. The fourth-order valence-electron chi connectivity index (χ4n) is 2.61. The van der Waals surface area contributed by atoms with Crippen molar-refractivity contribution in [2.24, 2.45) is 0 Å². The van der Waals surface area contributed by atoms with E-state index in [-0.39, 0.29) is 5.91 Å². The maximum absolute atomic E-state index is 12.3. The normalized spacial score (nSPS) is 23.4. The molecule has 0 radical (unpaired) electrons. The fourth-order valence-corrected chi connectivity index (χ4v) is 3.58. The number of fused-ring (bicyclic) bond motifs is 1. The molecule has 0 bridgehead atoms. The number of carbonyl (C=O) groups excluding carboxylic acids is 1. The van der Waals surface area contributed by atoms with Crippen LogP contribution in [0, 0.1) is 0 Å². The van der Waals surface area contributed by atoms with Crippen LogP contribution in [0.1, 0.15) is 29.4 Å². The van der Waals surface area contributed by atoms with Crippen LogP contribution in [-0.4, -0.2) is 24.5 Å². The van der Waals surface area contributed by atoms with Crippen molar-refractivity contribution in [3.8, 4) is 0 Å². The van der Waals surface area contributed by atoms with Crippen LogP contribution in [0.5, 0.6) is 0 Å². The van der Waals surface area contributed by atoms with Gasteiger partial charge >= 0.3 is 0 Å². The van der Waals surface area contributed by atoms with Gasteiger partial charge in [0, 0.05) is 16.8 Å². The third kappa shape index (κ3) is 2.80. The van der Waals surface area contributed by atoms with Gasteiger partial charge in [-0.15, -0.1) is 11.3 Å². The molecule has 0 spiro atoms. The summed E-state index contributed by atoms with van der Waals surface area (Å²) in [4.78, 5) is 13.1. The van der Waals surface area contributed by atoms with Gasteiger partial charge in [0.2, 0.25) is 0 Å². The van der Waals surface area contributed by atoms with Crippen LogP contribution in [0.3, 0.4) is 0 Å². The maximum atomic E-state index is 12.3. The molecule has 2 aromatic rings. The van der Waals surface area contributed by atoms with Crippen LogP contribution in [0.15, 0.2) is 30.3 Å². The minimum atomic E-state index is 0.0697. The molecule has 4 heteroatoms. The number of piperidine rings is 1. The van der Waals surface area contributed by atoms with Crippen LogP contribution in [0.2, 0.25) is 0 Å². The topological polar surface area (TPSA) is 41.1 Å². The third-order valence-corrected chi connectivity index (χ3v) is 4.72. The van der Waals surface area contributed by atoms with Gasteiger partial charge in [0.15, 0.2) is 0 Å². The van der Waals surface area contributed by atoms with E-state index in [2.05, 4.69) is 29.7 Å². The molecule has 1 aromatic carbocycles. The molecule has 0 saturated carbocycles. The minimum Gasteiger partial charge on any atom is -0.349 e. The summed E-state index contributed by atoms with van der Waals surface area (Å²) >= 11 is 1.57. The number of rotatable bonds is 2. The quantitative estimate of drug-likeness (QED) is 0.884. The third-order valence-electron chi connectivity index (χ3n) is 3.61. The number of thiophene rings is 1. The number of hydrogen-bond acceptors (Lipinski definition) is 3. The Balaban J connectivity index is 1.72. The van der Waals surface area contributed by atoms with Crippen molar-refractivity contribution in [2.45, 2.75) is 31.8 Å². The summed E-state index contributed by atoms with van der Waals surface area (Å²) in [5.41, 5.74) is 0. The molecule has 3 nitrogen and oxygen atoms in total. The number of amides is 1. The molecule has 0 aliphatic carbocycles. The summed E-state index contributed by atoms with van der Waals surface area (Å²) in [5.74, 6) is 0.0697. The first-order valence-electron chi connectivity index (χ1n) is 6.75. The lowest BCUT2D eigenvalue weighted by molar-refractivity contribution is 0.0930. The van der Waals surface area contributed by atoms with Crippen LogP contribution in [-0.2, 0) is 0 Å². The predicted molar refractivity (Wildman–Crippen MR) is 79.8 cm³/mol. The Bertz CT molecular complexity index is 560. The van der Waals surface area contributed by atoms with Gasteiger partial charge in [0.05, 0.1) is 4.88 Å². The summed E-state index contributed by atoms with van der Waals surface area (Å²) in [6.07, 6.45) is 2.03. The molecular formula is C15H18N2OS. The zero-order valence-corrected chi connectivity index (χ0v) is 11.8. The Morgan fingerprint density at radius 3 is 3.05 bits per heavy atom. The molecule has 2 heterocycles. The molecule has 1 aromatic heterocycles. The molecule has 1 saturated heterocycles.